The van der Waals surface area contributed by atoms with Crippen LogP contribution in [-0.4, -0.2) is 23.5 Å². The highest BCUT2D eigenvalue weighted by Crippen LogP contribution is 2.29. The summed E-state index contributed by atoms with van der Waals surface area (Å²) in [5.74, 6) is -1.51. The molecule has 1 fully saturated rings. The van der Waals surface area contributed by atoms with Crippen molar-refractivity contribution in [3.05, 3.63) is 11.6 Å². The summed E-state index contributed by atoms with van der Waals surface area (Å²) in [6, 6.07) is 0. The number of carboxylic acid groups (broad SMARTS) is 1. The van der Waals surface area contributed by atoms with Gasteiger partial charge in [-0.2, -0.15) is 0 Å². The molecule has 0 spiro atoms. The van der Waals surface area contributed by atoms with Crippen LogP contribution >= 0.6 is 11.6 Å². The van der Waals surface area contributed by atoms with Crippen molar-refractivity contribution in [2.75, 3.05) is 6.54 Å². The molecule has 1 saturated carbocycles. The molecule has 5 heteroatoms. The normalized spacial score (nSPS) is 24.8. The molecule has 0 aromatic heterocycles. The first kappa shape index (κ1) is 13.0. The molecule has 16 heavy (non-hydrogen) atoms. The summed E-state index contributed by atoms with van der Waals surface area (Å²) in [6.07, 6.45) is 2.64. The van der Waals surface area contributed by atoms with Crippen molar-refractivity contribution in [2.24, 2.45) is 11.8 Å². The van der Waals surface area contributed by atoms with E-state index in [1.54, 1.807) is 0 Å². The van der Waals surface area contributed by atoms with E-state index >= 15 is 0 Å². The van der Waals surface area contributed by atoms with Crippen LogP contribution in [0.25, 0.3) is 0 Å². The highest BCUT2D eigenvalue weighted by Gasteiger charge is 2.30. The number of nitrogens with one attached hydrogen (secondary N) is 1. The number of carbonyl (C=O) groups excluding carboxylic acids is 1. The van der Waals surface area contributed by atoms with Crippen molar-refractivity contribution in [1.82, 2.24) is 5.32 Å². The second-order valence-electron chi connectivity index (χ2n) is 4.13. The van der Waals surface area contributed by atoms with Crippen LogP contribution in [0.4, 0.5) is 0 Å². The summed E-state index contributed by atoms with van der Waals surface area (Å²) >= 11 is 5.54. The number of hydrogen-bond acceptors (Lipinski definition) is 2. The molecule has 0 saturated heterocycles. The van der Waals surface area contributed by atoms with Gasteiger partial charge in [-0.15, -0.1) is 0 Å². The molecule has 1 aliphatic carbocycles. The summed E-state index contributed by atoms with van der Waals surface area (Å²) in [5, 5.41) is 11.9. The molecule has 2 N–H and O–H groups in total. The van der Waals surface area contributed by atoms with Crippen LogP contribution in [0.15, 0.2) is 11.6 Å². The number of halogens is 1. The molecule has 0 aliphatic heterocycles. The number of carboxylic acids is 1. The lowest BCUT2D eigenvalue weighted by Gasteiger charge is -2.25. The molecule has 0 bridgehead atoms. The van der Waals surface area contributed by atoms with Crippen molar-refractivity contribution in [3.63, 3.8) is 0 Å². The first-order valence-corrected chi connectivity index (χ1v) is 5.72. The van der Waals surface area contributed by atoms with Gasteiger partial charge in [0.1, 0.15) is 0 Å². The van der Waals surface area contributed by atoms with Crippen molar-refractivity contribution < 1.29 is 14.7 Å². The van der Waals surface area contributed by atoms with E-state index in [9.17, 15) is 9.59 Å². The molecule has 1 amide bonds. The number of hydrogen-bond donors (Lipinski definition) is 2. The van der Waals surface area contributed by atoms with Gasteiger partial charge < -0.3 is 10.4 Å². The lowest BCUT2D eigenvalue weighted by molar-refractivity contribution is -0.144. The molecule has 1 aliphatic rings. The fourth-order valence-electron chi connectivity index (χ4n) is 1.98. The van der Waals surface area contributed by atoms with Crippen LogP contribution in [0.3, 0.4) is 0 Å². The molecule has 0 aromatic rings. The summed E-state index contributed by atoms with van der Waals surface area (Å²) in [6.45, 7) is 3.72. The largest absolute Gasteiger partial charge is 0.481 e. The van der Waals surface area contributed by atoms with Crippen LogP contribution in [0.2, 0.25) is 0 Å². The van der Waals surface area contributed by atoms with E-state index in [0.29, 0.717) is 17.9 Å². The van der Waals surface area contributed by atoms with E-state index < -0.39 is 5.97 Å². The monoisotopic (exact) mass is 245 g/mol. The minimum Gasteiger partial charge on any atom is -0.481 e. The van der Waals surface area contributed by atoms with Crippen molar-refractivity contribution in [1.29, 1.82) is 0 Å². The minimum atomic E-state index is -0.806. The van der Waals surface area contributed by atoms with E-state index in [0.717, 1.165) is 12.8 Å². The summed E-state index contributed by atoms with van der Waals surface area (Å²) in [5.41, 5.74) is 0. The fourth-order valence-corrected chi connectivity index (χ4v) is 2.05. The third-order valence-corrected chi connectivity index (χ3v) is 2.98. The van der Waals surface area contributed by atoms with Gasteiger partial charge in [0.2, 0.25) is 5.91 Å². The number of aliphatic carboxylic acids is 1. The summed E-state index contributed by atoms with van der Waals surface area (Å²) in [7, 11) is 0. The van der Waals surface area contributed by atoms with E-state index in [4.69, 9.17) is 16.7 Å². The highest BCUT2D eigenvalue weighted by atomic mass is 35.5. The average Bonchev–Trinajstić information content (AvgIpc) is 2.26. The molecular weight excluding hydrogens is 230 g/mol. The Balaban J connectivity index is 2.43. The van der Waals surface area contributed by atoms with E-state index in [1.807, 2.05) is 0 Å². The summed E-state index contributed by atoms with van der Waals surface area (Å²) < 4.78 is 0. The molecule has 0 aromatic carbocycles. The van der Waals surface area contributed by atoms with Gasteiger partial charge in [0.05, 0.1) is 12.5 Å². The average molecular weight is 246 g/mol. The number of rotatable bonds is 4. The predicted molar refractivity (Wildman–Crippen MR) is 61.1 cm³/mol. The topological polar surface area (TPSA) is 66.4 Å². The van der Waals surface area contributed by atoms with Gasteiger partial charge in [0, 0.05) is 11.0 Å². The lowest BCUT2D eigenvalue weighted by Crippen LogP contribution is -2.35. The SMILES string of the molecule is C=C(Cl)CNC(=O)C1CCCC(C(=O)O)C1. The molecule has 2 unspecified atom stereocenters. The van der Waals surface area contributed by atoms with Crippen molar-refractivity contribution in [2.45, 2.75) is 25.7 Å². The standard InChI is InChI=1S/C11H16ClNO3/c1-7(12)6-13-10(14)8-3-2-4-9(5-8)11(15)16/h8-9H,1-6H2,(H,13,14)(H,15,16). The Morgan fingerprint density at radius 2 is 2.00 bits per heavy atom. The molecule has 4 nitrogen and oxygen atoms in total. The second kappa shape index (κ2) is 5.89. The quantitative estimate of drug-likeness (QED) is 0.793. The third-order valence-electron chi connectivity index (χ3n) is 2.85. The Morgan fingerprint density at radius 1 is 1.38 bits per heavy atom. The van der Waals surface area contributed by atoms with E-state index in [-0.39, 0.29) is 24.3 Å². The Kier molecular flexibility index (Phi) is 4.80. The van der Waals surface area contributed by atoms with Gasteiger partial charge in [-0.05, 0) is 19.3 Å². The second-order valence-corrected chi connectivity index (χ2v) is 4.67. The van der Waals surface area contributed by atoms with Crippen LogP contribution in [0.5, 0.6) is 0 Å². The zero-order valence-electron chi connectivity index (χ0n) is 9.04. The first-order valence-electron chi connectivity index (χ1n) is 5.34. The molecule has 90 valence electrons. The van der Waals surface area contributed by atoms with Gasteiger partial charge in [-0.25, -0.2) is 0 Å². The van der Waals surface area contributed by atoms with Gasteiger partial charge in [0.15, 0.2) is 0 Å². The molecule has 2 atom stereocenters. The molecule has 1 rings (SSSR count). The van der Waals surface area contributed by atoms with Crippen molar-refractivity contribution in [3.8, 4) is 0 Å². The fraction of sp³-hybridized carbons (Fsp3) is 0.636. The van der Waals surface area contributed by atoms with Crippen LogP contribution < -0.4 is 5.32 Å². The summed E-state index contributed by atoms with van der Waals surface area (Å²) in [4.78, 5) is 22.5. The zero-order valence-corrected chi connectivity index (χ0v) is 9.79. The predicted octanol–water partition coefficient (Wildman–Crippen LogP) is 1.75. The third kappa shape index (κ3) is 3.85. The molecule has 0 radical (unpaired) electrons. The van der Waals surface area contributed by atoms with Crippen LogP contribution in [0, 0.1) is 11.8 Å². The maximum absolute atomic E-state index is 11.7. The van der Waals surface area contributed by atoms with Gasteiger partial charge in [-0.1, -0.05) is 24.6 Å². The number of amides is 1. The molecule has 0 heterocycles. The van der Waals surface area contributed by atoms with Crippen LogP contribution in [0.1, 0.15) is 25.7 Å². The smallest absolute Gasteiger partial charge is 0.306 e. The molecular formula is C11H16ClNO3. The minimum absolute atomic E-state index is 0.118. The van der Waals surface area contributed by atoms with Crippen molar-refractivity contribution >= 4 is 23.5 Å². The van der Waals surface area contributed by atoms with Crippen LogP contribution in [-0.2, 0) is 9.59 Å². The van der Waals surface area contributed by atoms with E-state index in [1.165, 1.54) is 0 Å². The Labute approximate surface area is 99.7 Å². The Bertz CT molecular complexity index is 304. The van der Waals surface area contributed by atoms with Gasteiger partial charge in [-0.3, -0.25) is 9.59 Å². The number of carbonyl (C=O) groups is 2. The Morgan fingerprint density at radius 3 is 2.56 bits per heavy atom. The van der Waals surface area contributed by atoms with Gasteiger partial charge in [0.25, 0.3) is 0 Å². The van der Waals surface area contributed by atoms with Gasteiger partial charge >= 0.3 is 5.97 Å². The lowest BCUT2D eigenvalue weighted by atomic mass is 9.81. The zero-order chi connectivity index (χ0) is 12.1. The van der Waals surface area contributed by atoms with E-state index in [2.05, 4.69) is 11.9 Å². The highest BCUT2D eigenvalue weighted by molar-refractivity contribution is 6.29. The Hall–Kier alpha value is -1.03. The maximum atomic E-state index is 11.7. The first-order chi connectivity index (χ1) is 7.50. The maximum Gasteiger partial charge on any atom is 0.306 e.